The Hall–Kier alpha value is -3.07. The lowest BCUT2D eigenvalue weighted by Crippen LogP contribution is -2.50. The van der Waals surface area contributed by atoms with E-state index in [2.05, 4.69) is 16.4 Å². The van der Waals surface area contributed by atoms with Gasteiger partial charge >= 0.3 is 0 Å². The van der Waals surface area contributed by atoms with Gasteiger partial charge in [-0.25, -0.2) is 4.98 Å². The number of aliphatic hydroxyl groups excluding tert-OH is 2. The number of nitrogens with zero attached hydrogens (tertiary/aromatic N) is 2. The summed E-state index contributed by atoms with van der Waals surface area (Å²) in [6.07, 6.45) is -1.40. The third kappa shape index (κ3) is 5.70. The average Bonchev–Trinajstić information content (AvgIpc) is 3.51. The van der Waals surface area contributed by atoms with Crippen LogP contribution < -0.4 is 5.32 Å². The molecule has 1 unspecified atom stereocenters. The van der Waals surface area contributed by atoms with E-state index in [1.807, 2.05) is 60.8 Å². The maximum atomic E-state index is 12.9. The molecular weight excluding hydrogens is 450 g/mol. The molecule has 0 radical (unpaired) electrons. The Bertz CT molecular complexity index is 1130. The fourth-order valence-corrected chi connectivity index (χ4v) is 5.04. The van der Waals surface area contributed by atoms with Gasteiger partial charge in [-0.1, -0.05) is 60.2 Å². The van der Waals surface area contributed by atoms with Crippen LogP contribution in [0.5, 0.6) is 0 Å². The second kappa shape index (κ2) is 10.9. The van der Waals surface area contributed by atoms with E-state index in [1.165, 1.54) is 16.9 Å². The van der Waals surface area contributed by atoms with E-state index in [-0.39, 0.29) is 12.6 Å². The number of rotatable bonds is 8. The first-order chi connectivity index (χ1) is 16.4. The fourth-order valence-electron chi connectivity index (χ4n) is 4.31. The van der Waals surface area contributed by atoms with Gasteiger partial charge in [-0.15, -0.1) is 11.3 Å². The van der Waals surface area contributed by atoms with Gasteiger partial charge < -0.3 is 20.4 Å². The minimum absolute atomic E-state index is 0.117. The zero-order chi connectivity index (χ0) is 24.1. The number of aromatic nitrogens is 1. The fraction of sp³-hybridized carbons (Fsp3) is 0.346. The number of nitrogens with one attached hydrogen (secondary N) is 1. The van der Waals surface area contributed by atoms with E-state index in [4.69, 9.17) is 0 Å². The summed E-state index contributed by atoms with van der Waals surface area (Å²) in [7, 11) is 0. The van der Waals surface area contributed by atoms with Crippen molar-refractivity contribution in [2.24, 2.45) is 0 Å². The molecule has 0 spiro atoms. The van der Waals surface area contributed by atoms with Crippen molar-refractivity contribution in [3.05, 3.63) is 87.4 Å². The largest absolute Gasteiger partial charge is 0.380 e. The normalized spacial score (nSPS) is 17.4. The molecule has 2 amide bonds. The summed E-state index contributed by atoms with van der Waals surface area (Å²) in [5.41, 5.74) is 4.22. The topological polar surface area (TPSA) is 103 Å². The zero-order valence-corrected chi connectivity index (χ0v) is 19.9. The van der Waals surface area contributed by atoms with Crippen LogP contribution in [0.4, 0.5) is 0 Å². The first kappa shape index (κ1) is 24.1. The van der Waals surface area contributed by atoms with Gasteiger partial charge in [0.1, 0.15) is 5.01 Å². The van der Waals surface area contributed by atoms with Gasteiger partial charge in [-0.3, -0.25) is 9.59 Å². The first-order valence-corrected chi connectivity index (χ1v) is 12.3. The van der Waals surface area contributed by atoms with E-state index in [9.17, 15) is 19.8 Å². The van der Waals surface area contributed by atoms with Crippen molar-refractivity contribution >= 4 is 23.2 Å². The molecule has 1 fully saturated rings. The molecule has 4 rings (SSSR count). The lowest BCUT2D eigenvalue weighted by Gasteiger charge is -2.28. The number of carbonyl (C=O) groups excluding carboxylic acids is 2. The van der Waals surface area contributed by atoms with Crippen molar-refractivity contribution in [2.45, 2.75) is 51.0 Å². The standard InChI is InChI=1S/C26H29N3O4S/c1-17-7-5-8-18(13-17)14-20-16-34-22(28-20)15-27-25(32)23(30)24(31)26(33)29-12-6-11-21(29)19-9-3-2-4-10-19/h2-5,7-10,13,16,21,23-24,30-31H,6,11-12,14-15H2,1H3,(H,27,32)/t21?,23-,24-/m1/s1. The predicted molar refractivity (Wildman–Crippen MR) is 130 cm³/mol. The molecule has 7 nitrogen and oxygen atoms in total. The van der Waals surface area contributed by atoms with Crippen molar-refractivity contribution in [3.63, 3.8) is 0 Å². The van der Waals surface area contributed by atoms with E-state index >= 15 is 0 Å². The molecule has 2 heterocycles. The van der Waals surface area contributed by atoms with Crippen LogP contribution >= 0.6 is 11.3 Å². The van der Waals surface area contributed by atoms with E-state index in [0.717, 1.165) is 29.7 Å². The molecule has 0 bridgehead atoms. The van der Waals surface area contributed by atoms with Crippen LogP contribution in [-0.2, 0) is 22.6 Å². The van der Waals surface area contributed by atoms with Crippen molar-refractivity contribution in [1.82, 2.24) is 15.2 Å². The van der Waals surface area contributed by atoms with Crippen LogP contribution in [0.3, 0.4) is 0 Å². The number of thiazole rings is 1. The second-order valence-corrected chi connectivity index (χ2v) is 9.55. The number of likely N-dealkylation sites (tertiary alicyclic amines) is 1. The Morgan fingerprint density at radius 1 is 1.15 bits per heavy atom. The smallest absolute Gasteiger partial charge is 0.255 e. The second-order valence-electron chi connectivity index (χ2n) is 8.61. The molecule has 0 aliphatic carbocycles. The highest BCUT2D eigenvalue weighted by Crippen LogP contribution is 2.32. The Balaban J connectivity index is 1.31. The number of carbonyl (C=O) groups is 2. The summed E-state index contributed by atoms with van der Waals surface area (Å²) in [4.78, 5) is 31.4. The molecule has 1 aromatic heterocycles. The van der Waals surface area contributed by atoms with E-state index in [0.29, 0.717) is 18.0 Å². The third-order valence-corrected chi connectivity index (χ3v) is 6.92. The molecule has 3 aromatic rings. The molecule has 1 saturated heterocycles. The van der Waals surface area contributed by atoms with Crippen LogP contribution in [-0.4, -0.2) is 50.7 Å². The minimum atomic E-state index is -1.85. The van der Waals surface area contributed by atoms with Crippen molar-refractivity contribution < 1.29 is 19.8 Å². The number of aryl methyl sites for hydroxylation is 1. The zero-order valence-electron chi connectivity index (χ0n) is 19.1. The first-order valence-electron chi connectivity index (χ1n) is 11.4. The Morgan fingerprint density at radius 2 is 1.94 bits per heavy atom. The summed E-state index contributed by atoms with van der Waals surface area (Å²) in [5.74, 6) is -1.43. The molecule has 34 heavy (non-hydrogen) atoms. The maximum absolute atomic E-state index is 12.9. The van der Waals surface area contributed by atoms with Crippen LogP contribution in [0.25, 0.3) is 0 Å². The molecular formula is C26H29N3O4S. The van der Waals surface area contributed by atoms with Gasteiger partial charge in [-0.05, 0) is 30.9 Å². The van der Waals surface area contributed by atoms with Crippen LogP contribution in [0.2, 0.25) is 0 Å². The summed E-state index contributed by atoms with van der Waals surface area (Å²) >= 11 is 1.41. The number of hydrogen-bond donors (Lipinski definition) is 3. The van der Waals surface area contributed by atoms with Crippen molar-refractivity contribution in [2.75, 3.05) is 6.54 Å². The van der Waals surface area contributed by atoms with Gasteiger partial charge in [0.25, 0.3) is 11.8 Å². The SMILES string of the molecule is Cc1cccc(Cc2csc(CNC(=O)[C@H](O)[C@@H](O)C(=O)N3CCCC3c3ccccc3)n2)c1. The van der Waals surface area contributed by atoms with Crippen LogP contribution in [0.15, 0.2) is 60.0 Å². The Morgan fingerprint density at radius 3 is 2.71 bits per heavy atom. The molecule has 2 aromatic carbocycles. The lowest BCUT2D eigenvalue weighted by molar-refractivity contribution is -0.153. The molecule has 178 valence electrons. The molecule has 8 heteroatoms. The highest BCUT2D eigenvalue weighted by Gasteiger charge is 2.38. The van der Waals surface area contributed by atoms with E-state index < -0.39 is 24.0 Å². The number of amides is 2. The summed E-state index contributed by atoms with van der Waals surface area (Å²) in [6, 6.07) is 17.6. The number of aliphatic hydroxyl groups is 2. The molecule has 1 aliphatic heterocycles. The monoisotopic (exact) mass is 479 g/mol. The molecule has 0 saturated carbocycles. The summed E-state index contributed by atoms with van der Waals surface area (Å²) in [6.45, 7) is 2.64. The van der Waals surface area contributed by atoms with Crippen molar-refractivity contribution in [1.29, 1.82) is 0 Å². The third-order valence-electron chi connectivity index (χ3n) is 6.02. The number of benzene rings is 2. The van der Waals surface area contributed by atoms with Crippen LogP contribution in [0, 0.1) is 6.92 Å². The summed E-state index contributed by atoms with van der Waals surface area (Å²) in [5, 5.41) is 26.0. The Kier molecular flexibility index (Phi) is 7.72. The van der Waals surface area contributed by atoms with Gasteiger partial charge in [0.2, 0.25) is 0 Å². The van der Waals surface area contributed by atoms with Gasteiger partial charge in [0.05, 0.1) is 18.3 Å². The molecule has 3 atom stereocenters. The van der Waals surface area contributed by atoms with Crippen molar-refractivity contribution in [3.8, 4) is 0 Å². The molecule has 3 N–H and O–H groups in total. The van der Waals surface area contributed by atoms with Crippen LogP contribution in [0.1, 0.15) is 46.3 Å². The number of hydrogen-bond acceptors (Lipinski definition) is 6. The van der Waals surface area contributed by atoms with Gasteiger partial charge in [0, 0.05) is 18.3 Å². The Labute approximate surface area is 203 Å². The quantitative estimate of drug-likeness (QED) is 0.461. The van der Waals surface area contributed by atoms with Gasteiger partial charge in [-0.2, -0.15) is 0 Å². The average molecular weight is 480 g/mol. The van der Waals surface area contributed by atoms with E-state index in [1.54, 1.807) is 4.90 Å². The maximum Gasteiger partial charge on any atom is 0.255 e. The predicted octanol–water partition coefficient (Wildman–Crippen LogP) is 2.74. The highest BCUT2D eigenvalue weighted by atomic mass is 32.1. The lowest BCUT2D eigenvalue weighted by atomic mass is 10.0. The minimum Gasteiger partial charge on any atom is -0.380 e. The highest BCUT2D eigenvalue weighted by molar-refractivity contribution is 7.09. The molecule has 1 aliphatic rings. The van der Waals surface area contributed by atoms with Gasteiger partial charge in [0.15, 0.2) is 12.2 Å². The summed E-state index contributed by atoms with van der Waals surface area (Å²) < 4.78 is 0.